The van der Waals surface area contributed by atoms with Gasteiger partial charge in [-0.2, -0.15) is 4.98 Å². The molecule has 2 heterocycles. The summed E-state index contributed by atoms with van der Waals surface area (Å²) in [4.78, 5) is 11.5. The van der Waals surface area contributed by atoms with E-state index in [-0.39, 0.29) is 5.28 Å². The van der Waals surface area contributed by atoms with Crippen molar-refractivity contribution in [2.75, 3.05) is 5.73 Å². The Kier molecular flexibility index (Phi) is 1.79. The topological polar surface area (TPSA) is 64.7 Å². The molecule has 0 bridgehead atoms. The second-order valence-electron chi connectivity index (χ2n) is 1.99. The Hall–Kier alpha value is -0.650. The first-order valence-corrected chi connectivity index (χ1v) is 4.49. The molecule has 2 N–H and O–H groups in total. The smallest absolute Gasteiger partial charge is 0.225 e. The van der Waals surface area contributed by atoms with Gasteiger partial charge in [0.15, 0.2) is 15.9 Å². The fraction of sp³-hybridized carbons (Fsp3) is 0. The molecular weight excluding hydrogens is 219 g/mol. The fourth-order valence-corrected chi connectivity index (χ4v) is 1.92. The molecule has 62 valence electrons. The normalized spacial score (nSPS) is 10.8. The van der Waals surface area contributed by atoms with Gasteiger partial charge in [0.05, 0.1) is 0 Å². The summed E-state index contributed by atoms with van der Waals surface area (Å²) in [6.45, 7) is 0. The van der Waals surface area contributed by atoms with Crippen LogP contribution in [0, 0.1) is 0 Å². The minimum Gasteiger partial charge on any atom is -0.375 e. The van der Waals surface area contributed by atoms with E-state index in [2.05, 4.69) is 15.0 Å². The predicted molar refractivity (Wildman–Crippen MR) is 49.6 cm³/mol. The molecule has 2 aromatic rings. The molecule has 0 saturated carbocycles. The standard InChI is InChI=1S/C5H2Cl2N4S/c6-2-1-3(10-4(7)9-2)11-5(8)12-1/h(H2,8,9,10,11). The molecule has 0 saturated heterocycles. The summed E-state index contributed by atoms with van der Waals surface area (Å²) in [5.74, 6) is 0. The number of hydrogen-bond donors (Lipinski definition) is 1. The third kappa shape index (κ3) is 1.20. The van der Waals surface area contributed by atoms with Crippen molar-refractivity contribution in [3.05, 3.63) is 10.4 Å². The van der Waals surface area contributed by atoms with Crippen molar-refractivity contribution in [2.45, 2.75) is 0 Å². The Bertz CT molecular complexity index is 440. The van der Waals surface area contributed by atoms with E-state index in [1.807, 2.05) is 0 Å². The number of halogens is 2. The van der Waals surface area contributed by atoms with Gasteiger partial charge in [-0.15, -0.1) is 0 Å². The van der Waals surface area contributed by atoms with Crippen molar-refractivity contribution in [3.8, 4) is 0 Å². The van der Waals surface area contributed by atoms with Crippen LogP contribution >= 0.6 is 34.5 Å². The third-order valence-electron chi connectivity index (χ3n) is 1.20. The summed E-state index contributed by atoms with van der Waals surface area (Å²) in [5.41, 5.74) is 5.89. The lowest BCUT2D eigenvalue weighted by atomic mass is 10.6. The van der Waals surface area contributed by atoms with Crippen LogP contribution in [0.25, 0.3) is 10.3 Å². The minimum absolute atomic E-state index is 0.0813. The molecule has 0 atom stereocenters. The van der Waals surface area contributed by atoms with Gasteiger partial charge in [-0.1, -0.05) is 22.9 Å². The number of anilines is 1. The zero-order valence-corrected chi connectivity index (χ0v) is 7.91. The van der Waals surface area contributed by atoms with E-state index in [4.69, 9.17) is 28.9 Å². The summed E-state index contributed by atoms with van der Waals surface area (Å²) in [6, 6.07) is 0. The highest BCUT2D eigenvalue weighted by Gasteiger charge is 2.08. The van der Waals surface area contributed by atoms with Crippen molar-refractivity contribution in [1.29, 1.82) is 0 Å². The summed E-state index contributed by atoms with van der Waals surface area (Å²) in [7, 11) is 0. The average molecular weight is 221 g/mol. The first-order valence-electron chi connectivity index (χ1n) is 2.92. The third-order valence-corrected chi connectivity index (χ3v) is 2.64. The molecule has 12 heavy (non-hydrogen) atoms. The van der Waals surface area contributed by atoms with Crippen LogP contribution in [0.1, 0.15) is 0 Å². The molecule has 0 radical (unpaired) electrons. The quantitative estimate of drug-likeness (QED) is 0.545. The Balaban J connectivity index is 2.88. The van der Waals surface area contributed by atoms with Crippen molar-refractivity contribution in [3.63, 3.8) is 0 Å². The second-order valence-corrected chi connectivity index (χ2v) is 3.72. The van der Waals surface area contributed by atoms with Crippen molar-refractivity contribution in [2.24, 2.45) is 0 Å². The van der Waals surface area contributed by atoms with E-state index in [1.165, 1.54) is 11.3 Å². The number of hydrogen-bond acceptors (Lipinski definition) is 5. The highest BCUT2D eigenvalue weighted by Crippen LogP contribution is 2.28. The number of fused-ring (bicyclic) bond motifs is 1. The lowest BCUT2D eigenvalue weighted by molar-refractivity contribution is 1.20. The monoisotopic (exact) mass is 220 g/mol. The maximum absolute atomic E-state index is 5.75. The van der Waals surface area contributed by atoms with Gasteiger partial charge in [-0.05, 0) is 11.6 Å². The maximum atomic E-state index is 5.75. The largest absolute Gasteiger partial charge is 0.375 e. The first kappa shape index (κ1) is 7.97. The van der Waals surface area contributed by atoms with Crippen LogP contribution in [0.2, 0.25) is 10.4 Å². The maximum Gasteiger partial charge on any atom is 0.225 e. The Morgan fingerprint density at radius 1 is 1.17 bits per heavy atom. The van der Waals surface area contributed by atoms with Gasteiger partial charge < -0.3 is 5.73 Å². The molecule has 2 rings (SSSR count). The van der Waals surface area contributed by atoms with Gasteiger partial charge in [0.2, 0.25) is 5.28 Å². The average Bonchev–Trinajstić information content (AvgIpc) is 2.29. The molecule has 0 unspecified atom stereocenters. The van der Waals surface area contributed by atoms with E-state index in [0.29, 0.717) is 20.6 Å². The predicted octanol–water partition coefficient (Wildman–Crippen LogP) is 1.98. The van der Waals surface area contributed by atoms with E-state index < -0.39 is 0 Å². The highest BCUT2D eigenvalue weighted by atomic mass is 35.5. The van der Waals surface area contributed by atoms with Gasteiger partial charge in [-0.3, -0.25) is 0 Å². The number of nitrogens with two attached hydrogens (primary N) is 1. The molecule has 7 heteroatoms. The second kappa shape index (κ2) is 2.69. The van der Waals surface area contributed by atoms with Gasteiger partial charge in [0.25, 0.3) is 0 Å². The molecular formula is C5H2Cl2N4S. The lowest BCUT2D eigenvalue weighted by Gasteiger charge is -1.90. The van der Waals surface area contributed by atoms with Crippen LogP contribution in [0.5, 0.6) is 0 Å². The number of rotatable bonds is 0. The SMILES string of the molecule is Nc1nc2nc(Cl)nc(Cl)c2s1. The van der Waals surface area contributed by atoms with Crippen molar-refractivity contribution in [1.82, 2.24) is 15.0 Å². The zero-order chi connectivity index (χ0) is 8.72. The molecule has 4 nitrogen and oxygen atoms in total. The molecule has 0 aliphatic carbocycles. The van der Waals surface area contributed by atoms with Crippen LogP contribution in [0.4, 0.5) is 5.13 Å². The van der Waals surface area contributed by atoms with E-state index in [1.54, 1.807) is 0 Å². The Labute approximate surface area is 81.4 Å². The Morgan fingerprint density at radius 2 is 1.92 bits per heavy atom. The zero-order valence-electron chi connectivity index (χ0n) is 5.58. The van der Waals surface area contributed by atoms with Gasteiger partial charge in [0, 0.05) is 0 Å². The molecule has 0 aliphatic heterocycles. The molecule has 0 amide bonds. The lowest BCUT2D eigenvalue weighted by Crippen LogP contribution is -1.84. The molecule has 2 aromatic heterocycles. The fourth-order valence-electron chi connectivity index (χ4n) is 0.782. The number of aromatic nitrogens is 3. The number of nitrogens with zero attached hydrogens (tertiary/aromatic N) is 3. The van der Waals surface area contributed by atoms with Gasteiger partial charge >= 0.3 is 0 Å². The van der Waals surface area contributed by atoms with Crippen LogP contribution in [-0.2, 0) is 0 Å². The number of nitrogen functional groups attached to an aromatic ring is 1. The van der Waals surface area contributed by atoms with Crippen LogP contribution in [0.15, 0.2) is 0 Å². The van der Waals surface area contributed by atoms with Crippen LogP contribution in [0.3, 0.4) is 0 Å². The van der Waals surface area contributed by atoms with Crippen LogP contribution < -0.4 is 5.73 Å². The van der Waals surface area contributed by atoms with Crippen molar-refractivity contribution < 1.29 is 0 Å². The molecule has 0 spiro atoms. The first-order chi connectivity index (χ1) is 5.66. The van der Waals surface area contributed by atoms with E-state index in [0.717, 1.165) is 0 Å². The summed E-state index contributed by atoms with van der Waals surface area (Å²) < 4.78 is 0.665. The van der Waals surface area contributed by atoms with E-state index >= 15 is 0 Å². The van der Waals surface area contributed by atoms with Gasteiger partial charge in [-0.25, -0.2) is 9.97 Å². The molecule has 0 aromatic carbocycles. The Morgan fingerprint density at radius 3 is 2.67 bits per heavy atom. The highest BCUT2D eigenvalue weighted by molar-refractivity contribution is 7.22. The van der Waals surface area contributed by atoms with E-state index in [9.17, 15) is 0 Å². The summed E-state index contributed by atoms with van der Waals surface area (Å²) >= 11 is 12.5. The summed E-state index contributed by atoms with van der Waals surface area (Å²) in [6.07, 6.45) is 0. The van der Waals surface area contributed by atoms with Crippen LogP contribution in [-0.4, -0.2) is 15.0 Å². The minimum atomic E-state index is 0.0813. The number of thiazole rings is 1. The van der Waals surface area contributed by atoms with Crippen molar-refractivity contribution >= 4 is 50.0 Å². The molecule has 0 aliphatic rings. The summed E-state index contributed by atoms with van der Waals surface area (Å²) in [5, 5.41) is 0.778. The van der Waals surface area contributed by atoms with Gasteiger partial charge in [0.1, 0.15) is 4.70 Å². The molecule has 0 fully saturated rings.